The molecule has 0 unspecified atom stereocenters. The third-order valence-electron chi connectivity index (χ3n) is 2.12. The molecule has 0 aromatic heterocycles. The van der Waals surface area contributed by atoms with Gasteiger partial charge in [-0.3, -0.25) is 4.89 Å². The fourth-order valence-electron chi connectivity index (χ4n) is 1.48. The molecule has 2 rings (SSSR count). The molecule has 0 spiro atoms. The van der Waals surface area contributed by atoms with E-state index in [0.29, 0.717) is 5.56 Å². The van der Waals surface area contributed by atoms with Gasteiger partial charge >= 0.3 is 5.97 Å². The molecular formula is C11H7ClO3Rb. The molecule has 0 fully saturated rings. The largest absolute Gasteiger partial charge is 0.375 e. The van der Waals surface area contributed by atoms with Crippen LogP contribution >= 0.6 is 11.9 Å². The third-order valence-corrected chi connectivity index (χ3v) is 2.18. The molecule has 3 nitrogen and oxygen atoms in total. The Labute approximate surface area is 147 Å². The number of fused-ring (bicyclic) bond motifs is 1. The first kappa shape index (κ1) is 14.3. The molecule has 2 aromatic carbocycles. The van der Waals surface area contributed by atoms with Crippen LogP contribution in [-0.2, 0) is 9.33 Å². The monoisotopic (exact) mass is 307 g/mol. The summed E-state index contributed by atoms with van der Waals surface area (Å²) in [4.78, 5) is 15.7. The summed E-state index contributed by atoms with van der Waals surface area (Å²) >= 11 is 4.85. The Bertz CT molecular complexity index is 496. The van der Waals surface area contributed by atoms with Crippen LogP contribution in [0.3, 0.4) is 0 Å². The molecule has 5 heteroatoms. The predicted octanol–water partition coefficient (Wildman–Crippen LogP) is 2.70. The van der Waals surface area contributed by atoms with Crippen LogP contribution in [0.25, 0.3) is 10.8 Å². The van der Waals surface area contributed by atoms with Gasteiger partial charge in [-0.15, -0.1) is 0 Å². The first-order valence-electron chi connectivity index (χ1n) is 4.30. The fourth-order valence-corrected chi connectivity index (χ4v) is 1.53. The van der Waals surface area contributed by atoms with Gasteiger partial charge < -0.3 is 0 Å². The quantitative estimate of drug-likeness (QED) is 0.632. The molecule has 0 heterocycles. The van der Waals surface area contributed by atoms with Gasteiger partial charge in [-0.05, 0) is 16.8 Å². The van der Waals surface area contributed by atoms with Crippen molar-refractivity contribution in [1.29, 1.82) is 0 Å². The molecule has 0 bridgehead atoms. The van der Waals surface area contributed by atoms with Crippen molar-refractivity contribution in [2.24, 2.45) is 0 Å². The second kappa shape index (κ2) is 6.84. The van der Waals surface area contributed by atoms with Crippen molar-refractivity contribution in [3.05, 3.63) is 48.0 Å². The van der Waals surface area contributed by atoms with E-state index < -0.39 is 5.97 Å². The van der Waals surface area contributed by atoms with Crippen LogP contribution in [0.2, 0.25) is 0 Å². The minimum absolute atomic E-state index is 0. The van der Waals surface area contributed by atoms with E-state index in [0.717, 1.165) is 10.8 Å². The Morgan fingerprint density at radius 1 is 1.06 bits per heavy atom. The van der Waals surface area contributed by atoms with E-state index in [2.05, 4.69) is 9.33 Å². The van der Waals surface area contributed by atoms with Gasteiger partial charge in [0.25, 0.3) is 0 Å². The molecule has 0 aliphatic heterocycles. The smallest absolute Gasteiger partial charge is 0.275 e. The number of rotatable bonds is 2. The molecular weight excluding hydrogens is 301 g/mol. The van der Waals surface area contributed by atoms with Gasteiger partial charge in [0.05, 0.1) is 5.56 Å². The van der Waals surface area contributed by atoms with E-state index in [1.54, 1.807) is 12.1 Å². The molecule has 2 aromatic rings. The van der Waals surface area contributed by atoms with Crippen LogP contribution in [0.4, 0.5) is 0 Å². The first-order chi connectivity index (χ1) is 7.33. The topological polar surface area (TPSA) is 35.5 Å². The second-order valence-electron chi connectivity index (χ2n) is 2.96. The van der Waals surface area contributed by atoms with Gasteiger partial charge in [0.15, 0.2) is 0 Å². The molecule has 0 saturated heterocycles. The Morgan fingerprint density at radius 2 is 1.75 bits per heavy atom. The first-order valence-corrected chi connectivity index (χ1v) is 4.61. The van der Waals surface area contributed by atoms with Crippen LogP contribution in [0.1, 0.15) is 10.4 Å². The summed E-state index contributed by atoms with van der Waals surface area (Å²) in [5, 5.41) is 1.76. The number of benzene rings is 2. The van der Waals surface area contributed by atoms with Crippen LogP contribution in [-0.4, -0.2) is 64.2 Å². The summed E-state index contributed by atoms with van der Waals surface area (Å²) in [5.74, 6) is -0.609. The maximum Gasteiger partial charge on any atom is 0.375 e. The number of hydrogen-bond donors (Lipinski definition) is 0. The van der Waals surface area contributed by atoms with Crippen molar-refractivity contribution in [3.63, 3.8) is 0 Å². The van der Waals surface area contributed by atoms with E-state index in [1.165, 1.54) is 0 Å². The molecule has 1 radical (unpaired) electrons. The van der Waals surface area contributed by atoms with E-state index in [1.807, 2.05) is 30.3 Å². The van der Waals surface area contributed by atoms with Gasteiger partial charge in [0.1, 0.15) is 11.9 Å². The summed E-state index contributed by atoms with van der Waals surface area (Å²) in [6.07, 6.45) is 0. The summed E-state index contributed by atoms with van der Waals surface area (Å²) in [6.45, 7) is 0. The Kier molecular flexibility index (Phi) is 6.11. The van der Waals surface area contributed by atoms with Crippen LogP contribution in [0, 0.1) is 0 Å². The molecule has 0 atom stereocenters. The van der Waals surface area contributed by atoms with Crippen molar-refractivity contribution in [2.75, 3.05) is 0 Å². The standard InChI is InChI=1S/C11H7ClO3.Rb/c12-15-14-11(13)10-7-3-5-8-4-1-2-6-9(8)10;/h1-7H;. The van der Waals surface area contributed by atoms with Crippen molar-refractivity contribution < 1.29 is 14.1 Å². The molecule has 77 valence electrons. The number of halogens is 1. The van der Waals surface area contributed by atoms with Crippen molar-refractivity contribution in [2.45, 2.75) is 0 Å². The summed E-state index contributed by atoms with van der Waals surface area (Å²) < 4.78 is 3.83. The maximum absolute atomic E-state index is 11.4. The maximum atomic E-state index is 11.4. The SMILES string of the molecule is O=C(OOCl)c1cccc2ccccc12.[Rb]. The van der Waals surface area contributed by atoms with Crippen molar-refractivity contribution in [3.8, 4) is 0 Å². The molecule has 0 aliphatic carbocycles. The van der Waals surface area contributed by atoms with E-state index in [9.17, 15) is 4.79 Å². The minimum Gasteiger partial charge on any atom is -0.275 e. The molecule has 0 N–H and O–H groups in total. The van der Waals surface area contributed by atoms with Crippen LogP contribution in [0.5, 0.6) is 0 Å². The van der Waals surface area contributed by atoms with Gasteiger partial charge in [-0.25, -0.2) is 4.79 Å². The van der Waals surface area contributed by atoms with Crippen molar-refractivity contribution in [1.82, 2.24) is 0 Å². The second-order valence-corrected chi connectivity index (χ2v) is 3.09. The zero-order valence-corrected chi connectivity index (χ0v) is 14.3. The molecule has 0 aliphatic rings. The van der Waals surface area contributed by atoms with E-state index >= 15 is 0 Å². The average Bonchev–Trinajstić information content (AvgIpc) is 2.28. The van der Waals surface area contributed by atoms with Gasteiger partial charge in [0, 0.05) is 58.2 Å². The zero-order valence-electron chi connectivity index (χ0n) is 8.64. The Morgan fingerprint density at radius 3 is 2.50 bits per heavy atom. The Balaban J connectivity index is 0.00000128. The van der Waals surface area contributed by atoms with Gasteiger partial charge in [-0.1, -0.05) is 40.8 Å². The Hall–Kier alpha value is 0.225. The van der Waals surface area contributed by atoms with Crippen LogP contribution in [0.15, 0.2) is 42.5 Å². The molecule has 0 saturated carbocycles. The molecule has 0 amide bonds. The summed E-state index contributed by atoms with van der Waals surface area (Å²) in [6, 6.07) is 12.8. The number of hydrogen-bond acceptors (Lipinski definition) is 3. The van der Waals surface area contributed by atoms with Crippen LogP contribution < -0.4 is 0 Å². The summed E-state index contributed by atoms with van der Waals surface area (Å²) in [7, 11) is 0. The number of carbonyl (C=O) groups is 1. The van der Waals surface area contributed by atoms with E-state index in [4.69, 9.17) is 11.9 Å². The van der Waals surface area contributed by atoms with E-state index in [-0.39, 0.29) is 58.2 Å². The predicted molar refractivity (Wildman–Crippen MR) is 62.1 cm³/mol. The van der Waals surface area contributed by atoms with Gasteiger partial charge in [0.2, 0.25) is 0 Å². The average molecular weight is 308 g/mol. The normalized spacial score (nSPS) is 9.56. The summed E-state index contributed by atoms with van der Waals surface area (Å²) in [5.41, 5.74) is 0.425. The number of carbonyl (C=O) groups excluding carboxylic acids is 1. The van der Waals surface area contributed by atoms with Crippen molar-refractivity contribution >= 4 is 86.8 Å². The fraction of sp³-hybridized carbons (Fsp3) is 0. The minimum atomic E-state index is -0.609. The third kappa shape index (κ3) is 3.12. The molecule has 16 heavy (non-hydrogen) atoms. The van der Waals surface area contributed by atoms with Gasteiger partial charge in [-0.2, -0.15) is 0 Å². The zero-order chi connectivity index (χ0) is 10.7.